The summed E-state index contributed by atoms with van der Waals surface area (Å²) >= 11 is 0. The highest BCUT2D eigenvalue weighted by Crippen LogP contribution is 2.20. The van der Waals surface area contributed by atoms with Gasteiger partial charge in [0.15, 0.2) is 11.2 Å². The lowest BCUT2D eigenvalue weighted by Gasteiger charge is -2.05. The van der Waals surface area contributed by atoms with Crippen LogP contribution < -0.4 is 10.7 Å². The first-order chi connectivity index (χ1) is 9.04. The Kier molecular flexibility index (Phi) is 3.50. The van der Waals surface area contributed by atoms with Gasteiger partial charge in [-0.2, -0.15) is 0 Å². The Bertz CT molecular complexity index is 670. The molecule has 1 amide bonds. The third-order valence-electron chi connectivity index (χ3n) is 2.87. The Morgan fingerprint density at radius 3 is 2.84 bits per heavy atom. The van der Waals surface area contributed by atoms with Crippen molar-refractivity contribution in [3.05, 3.63) is 45.2 Å². The Morgan fingerprint density at radius 2 is 2.16 bits per heavy atom. The average molecular weight is 261 g/mol. The van der Waals surface area contributed by atoms with Gasteiger partial charge >= 0.3 is 0 Å². The molecule has 100 valence electrons. The third kappa shape index (κ3) is 2.42. The highest BCUT2D eigenvalue weighted by atomic mass is 16.5. The fraction of sp³-hybridized carbons (Fsp3) is 0.308. The highest BCUT2D eigenvalue weighted by molar-refractivity contribution is 6.04. The lowest BCUT2D eigenvalue weighted by Crippen LogP contribution is -2.23. The predicted molar refractivity (Wildman–Crippen MR) is 70.4 cm³/mol. The number of H-pyrrole nitrogens is 1. The summed E-state index contributed by atoms with van der Waals surface area (Å²) in [5.74, 6) is 0.126. The van der Waals surface area contributed by atoms with Gasteiger partial charge in [-0.1, -0.05) is 12.1 Å². The Balaban J connectivity index is 2.34. The van der Waals surface area contributed by atoms with Crippen LogP contribution in [0.5, 0.6) is 0 Å². The predicted octanol–water partition coefficient (Wildman–Crippen LogP) is 1.79. The number of carbonyl (C=O) groups is 1. The van der Waals surface area contributed by atoms with E-state index < -0.39 is 5.91 Å². The maximum atomic E-state index is 12.1. The zero-order chi connectivity index (χ0) is 14.0. The van der Waals surface area contributed by atoms with Crippen LogP contribution in [0.2, 0.25) is 0 Å². The number of nitrogens with zero attached hydrogens (tertiary/aromatic N) is 1. The van der Waals surface area contributed by atoms with Crippen LogP contribution in [-0.2, 0) is 6.42 Å². The molecule has 6 heteroatoms. The number of rotatable bonds is 3. The van der Waals surface area contributed by atoms with Crippen LogP contribution in [0.15, 0.2) is 21.7 Å². The van der Waals surface area contributed by atoms with Crippen molar-refractivity contribution in [3.8, 4) is 0 Å². The molecule has 2 aromatic rings. The molecule has 6 nitrogen and oxygen atoms in total. The molecule has 0 spiro atoms. The Hall–Kier alpha value is -2.37. The van der Waals surface area contributed by atoms with E-state index in [-0.39, 0.29) is 11.0 Å². The van der Waals surface area contributed by atoms with E-state index in [2.05, 4.69) is 15.5 Å². The van der Waals surface area contributed by atoms with Crippen molar-refractivity contribution in [3.63, 3.8) is 0 Å². The molecule has 0 aromatic carbocycles. The molecule has 0 aliphatic rings. The first kappa shape index (κ1) is 13.1. The molecule has 0 fully saturated rings. The summed E-state index contributed by atoms with van der Waals surface area (Å²) < 4.78 is 5.08. The summed E-state index contributed by atoms with van der Waals surface area (Å²) in [5.41, 5.74) is 1.40. The number of aryl methyl sites for hydroxylation is 3. The Labute approximate surface area is 109 Å². The second kappa shape index (κ2) is 5.09. The number of hydrogen-bond acceptors (Lipinski definition) is 4. The van der Waals surface area contributed by atoms with E-state index in [0.29, 0.717) is 29.1 Å². The van der Waals surface area contributed by atoms with Gasteiger partial charge in [0.25, 0.3) is 5.91 Å². The van der Waals surface area contributed by atoms with E-state index in [1.807, 2.05) is 6.92 Å². The lowest BCUT2D eigenvalue weighted by atomic mass is 10.2. The van der Waals surface area contributed by atoms with Gasteiger partial charge in [-0.15, -0.1) is 0 Å². The summed E-state index contributed by atoms with van der Waals surface area (Å²) in [6, 6.07) is 0. The molecule has 0 aliphatic heterocycles. The van der Waals surface area contributed by atoms with E-state index in [1.54, 1.807) is 20.0 Å². The number of hydrogen-bond donors (Lipinski definition) is 2. The minimum atomic E-state index is -0.467. The maximum Gasteiger partial charge on any atom is 0.261 e. The van der Waals surface area contributed by atoms with Crippen molar-refractivity contribution in [1.82, 2.24) is 10.1 Å². The molecule has 0 unspecified atom stereocenters. The fourth-order valence-corrected chi connectivity index (χ4v) is 1.76. The molecule has 0 saturated carbocycles. The smallest absolute Gasteiger partial charge is 0.261 e. The lowest BCUT2D eigenvalue weighted by molar-refractivity contribution is 0.102. The minimum absolute atomic E-state index is 0.0719. The first-order valence-electron chi connectivity index (χ1n) is 5.98. The highest BCUT2D eigenvalue weighted by Gasteiger charge is 2.17. The van der Waals surface area contributed by atoms with Crippen LogP contribution in [0.1, 0.15) is 34.3 Å². The van der Waals surface area contributed by atoms with Crippen LogP contribution in [-0.4, -0.2) is 16.0 Å². The zero-order valence-corrected chi connectivity index (χ0v) is 11.0. The standard InChI is InChI=1S/C13H15N3O3/c1-4-10-11(8(3)16-19-10)15-13(18)9-6-14-5-7(2)12(9)17/h5-6H,4H2,1-3H3,(H,14,17)(H,15,18). The topological polar surface area (TPSA) is 88.0 Å². The van der Waals surface area contributed by atoms with E-state index in [9.17, 15) is 9.59 Å². The first-order valence-corrected chi connectivity index (χ1v) is 5.98. The molecular formula is C13H15N3O3. The summed E-state index contributed by atoms with van der Waals surface area (Å²) in [5, 5.41) is 6.48. The van der Waals surface area contributed by atoms with E-state index in [0.717, 1.165) is 0 Å². The summed E-state index contributed by atoms with van der Waals surface area (Å²) in [6.07, 6.45) is 3.56. The summed E-state index contributed by atoms with van der Waals surface area (Å²) in [6.45, 7) is 5.28. The number of anilines is 1. The van der Waals surface area contributed by atoms with Crippen LogP contribution >= 0.6 is 0 Å². The van der Waals surface area contributed by atoms with Crippen molar-refractivity contribution < 1.29 is 9.32 Å². The zero-order valence-electron chi connectivity index (χ0n) is 11.0. The second-order valence-electron chi connectivity index (χ2n) is 4.25. The van der Waals surface area contributed by atoms with Gasteiger partial charge < -0.3 is 14.8 Å². The van der Waals surface area contributed by atoms with Gasteiger partial charge in [-0.05, 0) is 13.8 Å². The number of amides is 1. The maximum absolute atomic E-state index is 12.1. The quantitative estimate of drug-likeness (QED) is 0.881. The van der Waals surface area contributed by atoms with Gasteiger partial charge in [0.2, 0.25) is 0 Å². The minimum Gasteiger partial charge on any atom is -0.366 e. The molecule has 0 aliphatic carbocycles. The van der Waals surface area contributed by atoms with Gasteiger partial charge in [0.1, 0.15) is 16.9 Å². The molecule has 2 aromatic heterocycles. The molecular weight excluding hydrogens is 246 g/mol. The molecule has 0 bridgehead atoms. The van der Waals surface area contributed by atoms with Crippen molar-refractivity contribution >= 4 is 11.6 Å². The van der Waals surface area contributed by atoms with Gasteiger partial charge in [-0.3, -0.25) is 9.59 Å². The average Bonchev–Trinajstić information content (AvgIpc) is 2.74. The van der Waals surface area contributed by atoms with Crippen molar-refractivity contribution in [2.45, 2.75) is 27.2 Å². The van der Waals surface area contributed by atoms with Gasteiger partial charge in [0, 0.05) is 24.4 Å². The molecule has 0 radical (unpaired) electrons. The van der Waals surface area contributed by atoms with Crippen LogP contribution in [0, 0.1) is 13.8 Å². The molecule has 0 saturated heterocycles. The normalized spacial score (nSPS) is 10.5. The molecule has 0 atom stereocenters. The number of carbonyl (C=O) groups excluding carboxylic acids is 1. The van der Waals surface area contributed by atoms with E-state index >= 15 is 0 Å². The van der Waals surface area contributed by atoms with E-state index in [4.69, 9.17) is 4.52 Å². The molecule has 2 heterocycles. The van der Waals surface area contributed by atoms with Gasteiger partial charge in [0.05, 0.1) is 0 Å². The van der Waals surface area contributed by atoms with Crippen LogP contribution in [0.3, 0.4) is 0 Å². The van der Waals surface area contributed by atoms with Crippen molar-refractivity contribution in [1.29, 1.82) is 0 Å². The monoisotopic (exact) mass is 261 g/mol. The second-order valence-corrected chi connectivity index (χ2v) is 4.25. The van der Waals surface area contributed by atoms with Crippen molar-refractivity contribution in [2.24, 2.45) is 0 Å². The van der Waals surface area contributed by atoms with Crippen molar-refractivity contribution in [2.75, 3.05) is 5.32 Å². The van der Waals surface area contributed by atoms with Crippen LogP contribution in [0.4, 0.5) is 5.69 Å². The Morgan fingerprint density at radius 1 is 1.42 bits per heavy atom. The molecule has 19 heavy (non-hydrogen) atoms. The fourth-order valence-electron chi connectivity index (χ4n) is 1.76. The molecule has 2 N–H and O–H groups in total. The third-order valence-corrected chi connectivity index (χ3v) is 2.87. The number of aromatic nitrogens is 2. The number of aromatic amines is 1. The largest absolute Gasteiger partial charge is 0.366 e. The number of nitrogens with one attached hydrogen (secondary N) is 2. The number of pyridine rings is 1. The summed E-state index contributed by atoms with van der Waals surface area (Å²) in [7, 11) is 0. The molecule has 2 rings (SSSR count). The SMILES string of the molecule is CCc1onc(C)c1NC(=O)c1c[nH]cc(C)c1=O. The van der Waals surface area contributed by atoms with E-state index in [1.165, 1.54) is 6.20 Å². The van der Waals surface area contributed by atoms with Gasteiger partial charge in [-0.25, -0.2) is 0 Å². The summed E-state index contributed by atoms with van der Waals surface area (Å²) in [4.78, 5) is 26.7. The van der Waals surface area contributed by atoms with Crippen LogP contribution in [0.25, 0.3) is 0 Å².